The van der Waals surface area contributed by atoms with Gasteiger partial charge in [0, 0.05) is 24.2 Å². The number of carbonyl (C=O) groups excluding carboxylic acids is 2. The van der Waals surface area contributed by atoms with Crippen molar-refractivity contribution in [3.63, 3.8) is 0 Å². The molecule has 0 bridgehead atoms. The average Bonchev–Trinajstić information content (AvgIpc) is 2.71. The van der Waals surface area contributed by atoms with Crippen LogP contribution in [0.2, 0.25) is 0 Å². The zero-order valence-corrected chi connectivity index (χ0v) is 15.9. The number of aliphatic hydroxyl groups is 1. The zero-order chi connectivity index (χ0) is 21.8. The highest BCUT2D eigenvalue weighted by Gasteiger charge is 2.18. The molecule has 1 aromatic heterocycles. The van der Waals surface area contributed by atoms with Gasteiger partial charge in [-0.3, -0.25) is 9.59 Å². The van der Waals surface area contributed by atoms with Gasteiger partial charge in [0.2, 0.25) is 0 Å². The molecule has 3 rings (SSSR count). The maximum absolute atomic E-state index is 13.8. The van der Waals surface area contributed by atoms with E-state index in [1.54, 1.807) is 16.7 Å². The van der Waals surface area contributed by atoms with E-state index in [2.05, 4.69) is 4.74 Å². The predicted octanol–water partition coefficient (Wildman–Crippen LogP) is 3.36. The summed E-state index contributed by atoms with van der Waals surface area (Å²) >= 11 is 0. The second-order valence-electron chi connectivity index (χ2n) is 6.40. The van der Waals surface area contributed by atoms with Gasteiger partial charge in [0.15, 0.2) is 5.43 Å². The third kappa shape index (κ3) is 4.43. The lowest BCUT2D eigenvalue weighted by atomic mass is 10.1. The van der Waals surface area contributed by atoms with Gasteiger partial charge in [-0.25, -0.2) is 13.6 Å². The van der Waals surface area contributed by atoms with Crippen LogP contribution in [0.5, 0.6) is 0 Å². The van der Waals surface area contributed by atoms with Gasteiger partial charge in [0.05, 0.1) is 17.7 Å². The molecule has 0 saturated heterocycles. The van der Waals surface area contributed by atoms with Crippen LogP contribution in [0.3, 0.4) is 0 Å². The van der Waals surface area contributed by atoms with Crippen molar-refractivity contribution in [3.05, 3.63) is 87.7 Å². The molecule has 0 amide bonds. The largest absolute Gasteiger partial charge is 0.507 e. The third-order valence-corrected chi connectivity index (χ3v) is 4.33. The molecule has 2 aromatic carbocycles. The van der Waals surface area contributed by atoms with Crippen molar-refractivity contribution in [2.24, 2.45) is 0 Å². The minimum absolute atomic E-state index is 0.0289. The number of aromatic nitrogens is 1. The van der Waals surface area contributed by atoms with Crippen molar-refractivity contribution in [1.29, 1.82) is 0 Å². The van der Waals surface area contributed by atoms with Crippen molar-refractivity contribution in [3.8, 4) is 0 Å². The number of aliphatic hydroxyl groups excluding tert-OH is 1. The summed E-state index contributed by atoms with van der Waals surface area (Å²) in [7, 11) is 0. The lowest BCUT2D eigenvalue weighted by molar-refractivity contribution is -0.151. The van der Waals surface area contributed by atoms with Crippen LogP contribution in [0.15, 0.2) is 59.5 Å². The molecule has 0 radical (unpaired) electrons. The number of ether oxygens (including phenoxy) is 1. The van der Waals surface area contributed by atoms with Gasteiger partial charge in [-0.15, -0.1) is 0 Å². The summed E-state index contributed by atoms with van der Waals surface area (Å²) in [5, 5.41) is 10.3. The monoisotopic (exact) mass is 413 g/mol. The number of hydrogen-bond acceptors (Lipinski definition) is 5. The summed E-state index contributed by atoms with van der Waals surface area (Å²) in [4.78, 5) is 36.1. The Bertz CT molecular complexity index is 1210. The average molecular weight is 413 g/mol. The Morgan fingerprint density at radius 2 is 1.77 bits per heavy atom. The Morgan fingerprint density at radius 1 is 1.10 bits per heavy atom. The number of pyridine rings is 1. The summed E-state index contributed by atoms with van der Waals surface area (Å²) in [5.74, 6) is -4.14. The SMILES string of the molecule is CCOC(=O)C(=O)C=C(O)c1cn(Cc2ccc(F)cc2)c2ccc(F)cc2c1=O. The quantitative estimate of drug-likeness (QED) is 0.290. The first-order valence-corrected chi connectivity index (χ1v) is 8.99. The predicted molar refractivity (Wildman–Crippen MR) is 106 cm³/mol. The van der Waals surface area contributed by atoms with E-state index in [4.69, 9.17) is 0 Å². The second-order valence-corrected chi connectivity index (χ2v) is 6.40. The molecule has 0 atom stereocenters. The molecule has 0 aliphatic heterocycles. The lowest BCUT2D eigenvalue weighted by Crippen LogP contribution is -2.18. The first kappa shape index (κ1) is 20.9. The number of hydrogen-bond donors (Lipinski definition) is 1. The summed E-state index contributed by atoms with van der Waals surface area (Å²) < 4.78 is 33.1. The standard InChI is InChI=1S/C22H17F2NO5/c1-2-30-22(29)20(27)10-19(26)17-12-25(11-13-3-5-14(23)6-4-13)18-8-7-15(24)9-16(18)21(17)28/h3-10,12,26H,2,11H2,1H3. The normalized spacial score (nSPS) is 11.5. The van der Waals surface area contributed by atoms with Gasteiger partial charge in [-0.1, -0.05) is 12.1 Å². The number of esters is 1. The fourth-order valence-corrected chi connectivity index (χ4v) is 2.93. The Labute approximate surface area is 169 Å². The minimum Gasteiger partial charge on any atom is -0.507 e. The summed E-state index contributed by atoms with van der Waals surface area (Å²) in [5.41, 5.74) is 0.0415. The fourth-order valence-electron chi connectivity index (χ4n) is 2.93. The molecule has 0 fully saturated rings. The number of fused-ring (bicyclic) bond motifs is 1. The number of nitrogens with zero attached hydrogens (tertiary/aromatic N) is 1. The first-order valence-electron chi connectivity index (χ1n) is 8.99. The Balaban J connectivity index is 2.13. The van der Waals surface area contributed by atoms with Crippen LogP contribution in [-0.2, 0) is 20.9 Å². The highest BCUT2D eigenvalue weighted by atomic mass is 19.1. The van der Waals surface area contributed by atoms with E-state index in [1.807, 2.05) is 0 Å². The maximum atomic E-state index is 13.8. The fraction of sp³-hybridized carbons (Fsp3) is 0.136. The van der Waals surface area contributed by atoms with E-state index in [9.17, 15) is 28.3 Å². The number of ketones is 1. The van der Waals surface area contributed by atoms with Gasteiger partial charge in [-0.2, -0.15) is 0 Å². The van der Waals surface area contributed by atoms with Crippen LogP contribution in [-0.4, -0.2) is 28.0 Å². The molecule has 6 nitrogen and oxygen atoms in total. The number of benzene rings is 2. The van der Waals surface area contributed by atoms with Gasteiger partial charge in [0.25, 0.3) is 5.78 Å². The third-order valence-electron chi connectivity index (χ3n) is 4.33. The zero-order valence-electron chi connectivity index (χ0n) is 15.9. The van der Waals surface area contributed by atoms with Gasteiger partial charge >= 0.3 is 5.97 Å². The van der Waals surface area contributed by atoms with Crippen LogP contribution in [0.4, 0.5) is 8.78 Å². The summed E-state index contributed by atoms with van der Waals surface area (Å²) in [6, 6.07) is 9.24. The highest BCUT2D eigenvalue weighted by Crippen LogP contribution is 2.19. The Hall–Kier alpha value is -3.81. The van der Waals surface area contributed by atoms with E-state index in [1.165, 1.54) is 37.4 Å². The van der Waals surface area contributed by atoms with E-state index >= 15 is 0 Å². The van der Waals surface area contributed by atoms with Crippen LogP contribution in [0, 0.1) is 11.6 Å². The molecular weight excluding hydrogens is 396 g/mol. The molecular formula is C22H17F2NO5. The minimum atomic E-state index is -1.18. The van der Waals surface area contributed by atoms with Crippen LogP contribution in [0.1, 0.15) is 18.1 Å². The summed E-state index contributed by atoms with van der Waals surface area (Å²) in [6.45, 7) is 1.66. The van der Waals surface area contributed by atoms with Crippen LogP contribution in [0.25, 0.3) is 16.7 Å². The van der Waals surface area contributed by atoms with Crippen LogP contribution < -0.4 is 5.43 Å². The molecule has 30 heavy (non-hydrogen) atoms. The molecule has 3 aromatic rings. The van der Waals surface area contributed by atoms with Crippen molar-refractivity contribution in [2.45, 2.75) is 13.5 Å². The number of halogens is 2. The molecule has 0 spiro atoms. The molecule has 8 heteroatoms. The molecule has 0 aliphatic rings. The summed E-state index contributed by atoms with van der Waals surface area (Å²) in [6.07, 6.45) is 1.87. The van der Waals surface area contributed by atoms with Crippen molar-refractivity contribution >= 4 is 28.4 Å². The molecule has 0 aliphatic carbocycles. The molecule has 1 N–H and O–H groups in total. The van der Waals surface area contributed by atoms with Crippen molar-refractivity contribution in [1.82, 2.24) is 4.57 Å². The van der Waals surface area contributed by atoms with E-state index in [0.717, 1.165) is 6.07 Å². The Morgan fingerprint density at radius 3 is 2.43 bits per heavy atom. The van der Waals surface area contributed by atoms with Gasteiger partial charge in [0.1, 0.15) is 17.4 Å². The number of carbonyl (C=O) groups is 2. The Kier molecular flexibility index (Phi) is 6.06. The maximum Gasteiger partial charge on any atom is 0.379 e. The lowest BCUT2D eigenvalue weighted by Gasteiger charge is -2.14. The smallest absolute Gasteiger partial charge is 0.379 e. The second kappa shape index (κ2) is 8.69. The van der Waals surface area contributed by atoms with Crippen molar-refractivity contribution in [2.75, 3.05) is 6.61 Å². The van der Waals surface area contributed by atoms with E-state index in [0.29, 0.717) is 17.2 Å². The van der Waals surface area contributed by atoms with E-state index < -0.39 is 34.6 Å². The highest BCUT2D eigenvalue weighted by molar-refractivity contribution is 6.39. The molecule has 0 unspecified atom stereocenters. The molecule has 1 heterocycles. The van der Waals surface area contributed by atoms with Gasteiger partial charge in [-0.05, 0) is 42.8 Å². The van der Waals surface area contributed by atoms with Crippen LogP contribution >= 0.6 is 0 Å². The molecule has 154 valence electrons. The number of rotatable bonds is 6. The topological polar surface area (TPSA) is 85.6 Å². The van der Waals surface area contributed by atoms with E-state index in [-0.39, 0.29) is 24.1 Å². The van der Waals surface area contributed by atoms with Gasteiger partial charge < -0.3 is 14.4 Å². The molecule has 0 saturated carbocycles. The first-order chi connectivity index (χ1) is 14.3. The van der Waals surface area contributed by atoms with Crippen molar-refractivity contribution < 1.29 is 28.2 Å².